The zero-order valence-corrected chi connectivity index (χ0v) is 13.1. The number of halogens is 1. The van der Waals surface area contributed by atoms with E-state index in [1.54, 1.807) is 19.2 Å². The van der Waals surface area contributed by atoms with Gasteiger partial charge < -0.3 is 10.2 Å². The van der Waals surface area contributed by atoms with E-state index in [-0.39, 0.29) is 30.3 Å². The molecule has 1 N–H and O–H groups in total. The van der Waals surface area contributed by atoms with Crippen molar-refractivity contribution in [3.63, 3.8) is 0 Å². The van der Waals surface area contributed by atoms with Crippen molar-refractivity contribution < 1.29 is 9.59 Å². The molecule has 1 aromatic carbocycles. The molecule has 110 valence electrons. The fourth-order valence-electron chi connectivity index (χ4n) is 1.67. The lowest BCUT2D eigenvalue weighted by atomic mass is 10.1. The largest absolute Gasteiger partial charge is 0.350 e. The lowest BCUT2D eigenvalue weighted by Gasteiger charge is -2.23. The molecule has 20 heavy (non-hydrogen) atoms. The van der Waals surface area contributed by atoms with Crippen LogP contribution >= 0.6 is 11.6 Å². The molecule has 2 amide bonds. The van der Waals surface area contributed by atoms with Crippen LogP contribution in [0.1, 0.15) is 26.3 Å². The molecule has 0 saturated heterocycles. The first-order valence-corrected chi connectivity index (χ1v) is 6.84. The summed E-state index contributed by atoms with van der Waals surface area (Å²) in [6.07, 6.45) is 0.260. The molecule has 0 fully saturated rings. The molecule has 4 nitrogen and oxygen atoms in total. The van der Waals surface area contributed by atoms with Gasteiger partial charge in [-0.25, -0.2) is 0 Å². The van der Waals surface area contributed by atoms with Crippen molar-refractivity contribution in [2.24, 2.45) is 0 Å². The summed E-state index contributed by atoms with van der Waals surface area (Å²) in [4.78, 5) is 25.2. The molecule has 0 bridgehead atoms. The predicted molar refractivity (Wildman–Crippen MR) is 80.7 cm³/mol. The van der Waals surface area contributed by atoms with Gasteiger partial charge in [0.25, 0.3) is 0 Å². The topological polar surface area (TPSA) is 49.4 Å². The lowest BCUT2D eigenvalue weighted by Crippen LogP contribution is -2.46. The molecule has 0 aliphatic carbocycles. The summed E-state index contributed by atoms with van der Waals surface area (Å²) in [5.74, 6) is -0.263. The van der Waals surface area contributed by atoms with Crippen LogP contribution < -0.4 is 5.32 Å². The second kappa shape index (κ2) is 6.75. The molecular weight excluding hydrogens is 276 g/mol. The summed E-state index contributed by atoms with van der Waals surface area (Å²) in [5.41, 5.74) is 0.583. The number of nitrogens with one attached hydrogen (secondary N) is 1. The van der Waals surface area contributed by atoms with Crippen molar-refractivity contribution in [1.29, 1.82) is 0 Å². The first kappa shape index (κ1) is 16.5. The first-order valence-electron chi connectivity index (χ1n) is 6.47. The molecular formula is C15H21ClN2O2. The van der Waals surface area contributed by atoms with Crippen LogP contribution in [-0.4, -0.2) is 35.8 Å². The summed E-state index contributed by atoms with van der Waals surface area (Å²) < 4.78 is 0. The normalized spacial score (nSPS) is 11.1. The SMILES string of the molecule is CN(CC(=O)NC(C)(C)C)C(=O)Cc1ccc(Cl)cc1. The standard InChI is InChI=1S/C15H21ClN2O2/c1-15(2,3)17-13(19)10-18(4)14(20)9-11-5-7-12(16)8-6-11/h5-8H,9-10H2,1-4H3,(H,17,19). The zero-order chi connectivity index (χ0) is 15.3. The summed E-state index contributed by atoms with van der Waals surface area (Å²) in [7, 11) is 1.63. The number of hydrogen-bond acceptors (Lipinski definition) is 2. The minimum Gasteiger partial charge on any atom is -0.350 e. The Morgan fingerprint density at radius 2 is 1.75 bits per heavy atom. The van der Waals surface area contributed by atoms with Gasteiger partial charge in [0.05, 0.1) is 13.0 Å². The van der Waals surface area contributed by atoms with E-state index in [9.17, 15) is 9.59 Å². The Morgan fingerprint density at radius 1 is 1.20 bits per heavy atom. The Labute approximate surface area is 125 Å². The maximum atomic E-state index is 12.0. The average molecular weight is 297 g/mol. The number of benzene rings is 1. The van der Waals surface area contributed by atoms with Gasteiger partial charge in [-0.2, -0.15) is 0 Å². The molecule has 1 aromatic rings. The third-order valence-corrected chi connectivity index (χ3v) is 2.84. The van der Waals surface area contributed by atoms with Gasteiger partial charge in [-0.3, -0.25) is 9.59 Å². The zero-order valence-electron chi connectivity index (χ0n) is 12.4. The van der Waals surface area contributed by atoms with Crippen molar-refractivity contribution in [1.82, 2.24) is 10.2 Å². The van der Waals surface area contributed by atoms with Gasteiger partial charge in [0.15, 0.2) is 0 Å². The van der Waals surface area contributed by atoms with Crippen LogP contribution in [0, 0.1) is 0 Å². The summed E-state index contributed by atoms with van der Waals surface area (Å²) in [5, 5.41) is 3.46. The smallest absolute Gasteiger partial charge is 0.240 e. The maximum absolute atomic E-state index is 12.0. The summed E-state index contributed by atoms with van der Waals surface area (Å²) >= 11 is 5.79. The van der Waals surface area contributed by atoms with Crippen molar-refractivity contribution >= 4 is 23.4 Å². The molecule has 0 unspecified atom stereocenters. The second-order valence-electron chi connectivity index (χ2n) is 5.85. The van der Waals surface area contributed by atoms with Crippen LogP contribution in [0.4, 0.5) is 0 Å². The molecule has 0 saturated carbocycles. The minimum atomic E-state index is -0.294. The van der Waals surface area contributed by atoms with Gasteiger partial charge in [0.2, 0.25) is 11.8 Å². The molecule has 1 rings (SSSR count). The number of rotatable bonds is 4. The minimum absolute atomic E-state index is 0.0592. The monoisotopic (exact) mass is 296 g/mol. The molecule has 0 radical (unpaired) electrons. The number of carbonyl (C=O) groups is 2. The Balaban J connectivity index is 2.51. The van der Waals surface area contributed by atoms with E-state index in [0.717, 1.165) is 5.56 Å². The fraction of sp³-hybridized carbons (Fsp3) is 0.467. The third kappa shape index (κ3) is 6.06. The molecule has 0 heterocycles. The van der Waals surface area contributed by atoms with Gasteiger partial charge >= 0.3 is 0 Å². The van der Waals surface area contributed by atoms with E-state index in [0.29, 0.717) is 5.02 Å². The Kier molecular flexibility index (Phi) is 5.57. The van der Waals surface area contributed by atoms with Crippen molar-refractivity contribution in [2.75, 3.05) is 13.6 Å². The van der Waals surface area contributed by atoms with E-state index in [4.69, 9.17) is 11.6 Å². The average Bonchev–Trinajstić information content (AvgIpc) is 2.29. The van der Waals surface area contributed by atoms with Crippen LogP contribution in [0.15, 0.2) is 24.3 Å². The summed E-state index contributed by atoms with van der Waals surface area (Å²) in [6, 6.07) is 7.11. The highest BCUT2D eigenvalue weighted by molar-refractivity contribution is 6.30. The van der Waals surface area contributed by atoms with E-state index in [2.05, 4.69) is 5.32 Å². The maximum Gasteiger partial charge on any atom is 0.240 e. The number of likely N-dealkylation sites (N-methyl/N-ethyl adjacent to an activating group) is 1. The number of nitrogens with zero attached hydrogens (tertiary/aromatic N) is 1. The number of hydrogen-bond donors (Lipinski definition) is 1. The molecule has 5 heteroatoms. The van der Waals surface area contributed by atoms with Gasteiger partial charge in [0.1, 0.15) is 0 Å². The molecule has 0 aromatic heterocycles. The van der Waals surface area contributed by atoms with E-state index in [1.165, 1.54) is 4.90 Å². The highest BCUT2D eigenvalue weighted by Crippen LogP contribution is 2.10. The van der Waals surface area contributed by atoms with E-state index < -0.39 is 0 Å². The second-order valence-corrected chi connectivity index (χ2v) is 6.29. The van der Waals surface area contributed by atoms with Gasteiger partial charge in [-0.05, 0) is 38.5 Å². The highest BCUT2D eigenvalue weighted by atomic mass is 35.5. The quantitative estimate of drug-likeness (QED) is 0.926. The number of amides is 2. The highest BCUT2D eigenvalue weighted by Gasteiger charge is 2.17. The van der Waals surface area contributed by atoms with E-state index >= 15 is 0 Å². The summed E-state index contributed by atoms with van der Waals surface area (Å²) in [6.45, 7) is 5.77. The third-order valence-electron chi connectivity index (χ3n) is 2.59. The van der Waals surface area contributed by atoms with Crippen molar-refractivity contribution in [3.8, 4) is 0 Å². The van der Waals surface area contributed by atoms with Crippen LogP contribution in [-0.2, 0) is 16.0 Å². The van der Waals surface area contributed by atoms with E-state index in [1.807, 2.05) is 32.9 Å². The molecule has 0 aliphatic heterocycles. The Morgan fingerprint density at radius 3 is 2.25 bits per heavy atom. The molecule has 0 aliphatic rings. The fourth-order valence-corrected chi connectivity index (χ4v) is 1.80. The van der Waals surface area contributed by atoms with Crippen LogP contribution in [0.25, 0.3) is 0 Å². The van der Waals surface area contributed by atoms with Crippen LogP contribution in [0.5, 0.6) is 0 Å². The predicted octanol–water partition coefficient (Wildman–Crippen LogP) is 2.26. The van der Waals surface area contributed by atoms with Crippen LogP contribution in [0.3, 0.4) is 0 Å². The molecule has 0 spiro atoms. The lowest BCUT2D eigenvalue weighted by molar-refractivity contribution is -0.134. The van der Waals surface area contributed by atoms with Crippen molar-refractivity contribution in [3.05, 3.63) is 34.9 Å². The van der Waals surface area contributed by atoms with Crippen molar-refractivity contribution in [2.45, 2.75) is 32.7 Å². The Bertz CT molecular complexity index is 478. The van der Waals surface area contributed by atoms with Crippen LogP contribution in [0.2, 0.25) is 5.02 Å². The number of carbonyl (C=O) groups excluding carboxylic acids is 2. The Hall–Kier alpha value is -1.55. The van der Waals surface area contributed by atoms with Gasteiger partial charge in [-0.1, -0.05) is 23.7 Å². The van der Waals surface area contributed by atoms with Gasteiger partial charge in [-0.15, -0.1) is 0 Å². The molecule has 0 atom stereocenters. The van der Waals surface area contributed by atoms with Gasteiger partial charge in [0, 0.05) is 17.6 Å². The first-order chi connectivity index (χ1) is 9.17.